The zero-order valence-electron chi connectivity index (χ0n) is 10.6. The lowest BCUT2D eigenvalue weighted by Gasteiger charge is -2.24. The molecule has 0 spiro atoms. The van der Waals surface area contributed by atoms with Gasteiger partial charge in [-0.3, -0.25) is 9.88 Å². The third kappa shape index (κ3) is 4.80. The fourth-order valence-electron chi connectivity index (χ4n) is 2.33. The average molecular weight is 274 g/mol. The molecule has 1 atom stereocenters. The highest BCUT2D eigenvalue weighted by atomic mass is 19.4. The molecule has 0 N–H and O–H groups in total. The summed E-state index contributed by atoms with van der Waals surface area (Å²) in [5.41, 5.74) is 1.07. The maximum atomic E-state index is 12.0. The van der Waals surface area contributed by atoms with Gasteiger partial charge in [0.05, 0.1) is 6.61 Å². The highest BCUT2D eigenvalue weighted by Crippen LogP contribution is 2.21. The van der Waals surface area contributed by atoms with Crippen molar-refractivity contribution in [1.82, 2.24) is 9.88 Å². The molecule has 2 heterocycles. The minimum atomic E-state index is -4.24. The Morgan fingerprint density at radius 3 is 2.95 bits per heavy atom. The van der Waals surface area contributed by atoms with Crippen LogP contribution in [0.1, 0.15) is 18.4 Å². The number of ether oxygens (including phenoxy) is 1. The Kier molecular flexibility index (Phi) is 4.76. The molecule has 19 heavy (non-hydrogen) atoms. The van der Waals surface area contributed by atoms with Crippen molar-refractivity contribution >= 4 is 0 Å². The predicted octanol–water partition coefficient (Wildman–Crippen LogP) is 2.62. The van der Waals surface area contributed by atoms with E-state index in [9.17, 15) is 13.2 Å². The van der Waals surface area contributed by atoms with Gasteiger partial charge < -0.3 is 4.74 Å². The topological polar surface area (TPSA) is 25.4 Å². The number of nitrogens with zero attached hydrogens (tertiary/aromatic N) is 2. The molecule has 0 radical (unpaired) electrons. The van der Waals surface area contributed by atoms with Crippen LogP contribution in [0.5, 0.6) is 0 Å². The van der Waals surface area contributed by atoms with Crippen molar-refractivity contribution < 1.29 is 17.9 Å². The van der Waals surface area contributed by atoms with E-state index in [1.54, 1.807) is 12.4 Å². The van der Waals surface area contributed by atoms with Gasteiger partial charge in [-0.15, -0.1) is 0 Å². The summed E-state index contributed by atoms with van der Waals surface area (Å²) >= 11 is 0. The standard InChI is InChI=1S/C13H17F3N2O/c14-13(15,16)10-19-9-12-4-2-6-18(12)8-11-3-1-5-17-7-11/h1,3,5,7,12H,2,4,6,8-10H2. The number of halogens is 3. The summed E-state index contributed by atoms with van der Waals surface area (Å²) in [4.78, 5) is 6.20. The Bertz CT molecular complexity index is 383. The Balaban J connectivity index is 1.80. The Morgan fingerprint density at radius 1 is 1.42 bits per heavy atom. The summed E-state index contributed by atoms with van der Waals surface area (Å²) < 4.78 is 40.8. The third-order valence-corrected chi connectivity index (χ3v) is 3.18. The van der Waals surface area contributed by atoms with Crippen LogP contribution in [0.2, 0.25) is 0 Å². The zero-order chi connectivity index (χ0) is 13.7. The van der Waals surface area contributed by atoms with Gasteiger partial charge in [-0.25, -0.2) is 0 Å². The van der Waals surface area contributed by atoms with E-state index < -0.39 is 12.8 Å². The molecule has 1 saturated heterocycles. The molecule has 1 aliphatic rings. The van der Waals surface area contributed by atoms with Crippen LogP contribution in [-0.4, -0.2) is 41.9 Å². The zero-order valence-corrected chi connectivity index (χ0v) is 10.6. The predicted molar refractivity (Wildman–Crippen MR) is 64.5 cm³/mol. The number of likely N-dealkylation sites (tertiary alicyclic amines) is 1. The molecule has 1 aromatic rings. The van der Waals surface area contributed by atoms with Gasteiger partial charge >= 0.3 is 6.18 Å². The van der Waals surface area contributed by atoms with Crippen molar-refractivity contribution in [3.05, 3.63) is 30.1 Å². The first-order chi connectivity index (χ1) is 9.04. The van der Waals surface area contributed by atoms with Crippen molar-refractivity contribution in [2.45, 2.75) is 31.6 Å². The molecule has 1 fully saturated rings. The van der Waals surface area contributed by atoms with Gasteiger partial charge in [0, 0.05) is 25.0 Å². The molecule has 1 unspecified atom stereocenters. The van der Waals surface area contributed by atoms with Crippen LogP contribution in [0, 0.1) is 0 Å². The van der Waals surface area contributed by atoms with Gasteiger partial charge in [-0.1, -0.05) is 6.07 Å². The fraction of sp³-hybridized carbons (Fsp3) is 0.615. The SMILES string of the molecule is FC(F)(F)COCC1CCCN1Cc1cccnc1. The highest BCUT2D eigenvalue weighted by Gasteiger charge is 2.30. The van der Waals surface area contributed by atoms with E-state index in [1.165, 1.54) is 0 Å². The number of rotatable bonds is 5. The smallest absolute Gasteiger partial charge is 0.370 e. The molecule has 1 aliphatic heterocycles. The van der Waals surface area contributed by atoms with E-state index in [2.05, 4.69) is 9.88 Å². The molecule has 106 valence electrons. The molecular formula is C13H17F3N2O. The molecule has 0 aliphatic carbocycles. The molecular weight excluding hydrogens is 257 g/mol. The molecule has 0 aromatic carbocycles. The van der Waals surface area contributed by atoms with Gasteiger partial charge in [0.2, 0.25) is 0 Å². The van der Waals surface area contributed by atoms with Gasteiger partial charge in [0.25, 0.3) is 0 Å². The second kappa shape index (κ2) is 6.34. The maximum absolute atomic E-state index is 12.0. The lowest BCUT2D eigenvalue weighted by molar-refractivity contribution is -0.176. The fourth-order valence-corrected chi connectivity index (χ4v) is 2.33. The first-order valence-corrected chi connectivity index (χ1v) is 6.32. The first kappa shape index (κ1) is 14.3. The van der Waals surface area contributed by atoms with Crippen molar-refractivity contribution in [3.63, 3.8) is 0 Å². The molecule has 0 bridgehead atoms. The second-order valence-electron chi connectivity index (χ2n) is 4.76. The number of hydrogen-bond donors (Lipinski definition) is 0. The van der Waals surface area contributed by atoms with Crippen LogP contribution < -0.4 is 0 Å². The van der Waals surface area contributed by atoms with Gasteiger partial charge in [0.15, 0.2) is 0 Å². The van der Waals surface area contributed by atoms with E-state index in [1.807, 2.05) is 12.1 Å². The monoisotopic (exact) mass is 274 g/mol. The van der Waals surface area contributed by atoms with E-state index in [0.717, 1.165) is 24.9 Å². The minimum absolute atomic E-state index is 0.0718. The number of aromatic nitrogens is 1. The highest BCUT2D eigenvalue weighted by molar-refractivity contribution is 5.08. The second-order valence-corrected chi connectivity index (χ2v) is 4.76. The van der Waals surface area contributed by atoms with Gasteiger partial charge in [-0.2, -0.15) is 13.2 Å². The van der Waals surface area contributed by atoms with Crippen LogP contribution in [0.4, 0.5) is 13.2 Å². The number of hydrogen-bond acceptors (Lipinski definition) is 3. The van der Waals surface area contributed by atoms with Gasteiger partial charge in [0.1, 0.15) is 6.61 Å². The molecule has 2 rings (SSSR count). The Hall–Kier alpha value is -1.14. The minimum Gasteiger partial charge on any atom is -0.370 e. The maximum Gasteiger partial charge on any atom is 0.411 e. The van der Waals surface area contributed by atoms with Gasteiger partial charge in [-0.05, 0) is 31.0 Å². The normalized spacial score (nSPS) is 20.9. The van der Waals surface area contributed by atoms with Crippen LogP contribution in [0.3, 0.4) is 0 Å². The van der Waals surface area contributed by atoms with E-state index in [0.29, 0.717) is 6.54 Å². The lowest BCUT2D eigenvalue weighted by atomic mass is 10.2. The van der Waals surface area contributed by atoms with Crippen molar-refractivity contribution in [2.24, 2.45) is 0 Å². The Labute approximate surface area is 110 Å². The van der Waals surface area contributed by atoms with Crippen LogP contribution in [0.25, 0.3) is 0 Å². The molecule has 0 amide bonds. The van der Waals surface area contributed by atoms with E-state index in [-0.39, 0.29) is 12.6 Å². The number of alkyl halides is 3. The number of pyridine rings is 1. The largest absolute Gasteiger partial charge is 0.411 e. The third-order valence-electron chi connectivity index (χ3n) is 3.18. The Morgan fingerprint density at radius 2 is 2.26 bits per heavy atom. The summed E-state index contributed by atoms with van der Waals surface area (Å²) in [6, 6.07) is 3.90. The summed E-state index contributed by atoms with van der Waals surface area (Å²) in [5, 5.41) is 0. The van der Waals surface area contributed by atoms with Crippen LogP contribution in [-0.2, 0) is 11.3 Å². The van der Waals surface area contributed by atoms with Crippen molar-refractivity contribution in [1.29, 1.82) is 0 Å². The average Bonchev–Trinajstić information content (AvgIpc) is 2.76. The molecule has 0 saturated carbocycles. The summed E-state index contributed by atoms with van der Waals surface area (Å²) in [6.07, 6.45) is 1.13. The molecule has 1 aromatic heterocycles. The lowest BCUT2D eigenvalue weighted by Crippen LogP contribution is -2.34. The van der Waals surface area contributed by atoms with E-state index in [4.69, 9.17) is 4.74 Å². The van der Waals surface area contributed by atoms with E-state index >= 15 is 0 Å². The summed E-state index contributed by atoms with van der Waals surface area (Å²) in [6.45, 7) is 0.590. The summed E-state index contributed by atoms with van der Waals surface area (Å²) in [7, 11) is 0. The van der Waals surface area contributed by atoms with Crippen molar-refractivity contribution in [3.8, 4) is 0 Å². The summed E-state index contributed by atoms with van der Waals surface area (Å²) in [5.74, 6) is 0. The van der Waals surface area contributed by atoms with Crippen molar-refractivity contribution in [2.75, 3.05) is 19.8 Å². The first-order valence-electron chi connectivity index (χ1n) is 6.32. The quantitative estimate of drug-likeness (QED) is 0.825. The van der Waals surface area contributed by atoms with Crippen LogP contribution >= 0.6 is 0 Å². The molecule has 3 nitrogen and oxygen atoms in total. The van der Waals surface area contributed by atoms with Crippen LogP contribution in [0.15, 0.2) is 24.5 Å². The molecule has 6 heteroatoms.